The van der Waals surface area contributed by atoms with Crippen LogP contribution in [0.5, 0.6) is 0 Å². The van der Waals surface area contributed by atoms with Gasteiger partial charge in [-0.1, -0.05) is 0 Å². The van der Waals surface area contributed by atoms with Gasteiger partial charge >= 0.3 is 5.97 Å². The molecule has 2 aromatic rings. The van der Waals surface area contributed by atoms with E-state index < -0.39 is 41.2 Å². The van der Waals surface area contributed by atoms with Gasteiger partial charge in [0.1, 0.15) is 11.7 Å². The van der Waals surface area contributed by atoms with Crippen molar-refractivity contribution >= 4 is 11.7 Å². The molecule has 0 aliphatic carbocycles. The first-order chi connectivity index (χ1) is 10.9. The van der Waals surface area contributed by atoms with E-state index in [1.807, 2.05) is 0 Å². The van der Waals surface area contributed by atoms with E-state index in [9.17, 15) is 22.4 Å². The van der Waals surface area contributed by atoms with E-state index in [4.69, 9.17) is 4.74 Å². The van der Waals surface area contributed by atoms with Gasteiger partial charge in [0.15, 0.2) is 0 Å². The molecule has 23 heavy (non-hydrogen) atoms. The second kappa shape index (κ2) is 7.07. The standard InChI is InChI=1S/C13H12F4N4O2/c1-2-23-13(22)7(3-6-4-18-5-19-6)20-10-8(14)11(16)21-12(17)9(10)15/h4-5,7H,2-3H2,1H3,(H,18,19)(H,20,21). The van der Waals surface area contributed by atoms with Crippen molar-refractivity contribution in [2.45, 2.75) is 19.4 Å². The number of nitrogens with zero attached hydrogens (tertiary/aromatic N) is 2. The highest BCUT2D eigenvalue weighted by Gasteiger charge is 2.27. The fourth-order valence-electron chi connectivity index (χ4n) is 1.84. The van der Waals surface area contributed by atoms with Crippen molar-refractivity contribution < 1.29 is 27.1 Å². The predicted octanol–water partition coefficient (Wildman–Crippen LogP) is 1.95. The summed E-state index contributed by atoms with van der Waals surface area (Å²) < 4.78 is 58.3. The number of rotatable bonds is 6. The molecule has 2 aromatic heterocycles. The van der Waals surface area contributed by atoms with Gasteiger partial charge in [0.2, 0.25) is 11.6 Å². The first-order valence-electron chi connectivity index (χ1n) is 6.54. The van der Waals surface area contributed by atoms with Crippen LogP contribution in [-0.4, -0.2) is 33.6 Å². The molecule has 0 saturated carbocycles. The maximum absolute atomic E-state index is 13.7. The van der Waals surface area contributed by atoms with Crippen LogP contribution in [0.4, 0.5) is 23.2 Å². The summed E-state index contributed by atoms with van der Waals surface area (Å²) in [6.45, 7) is 1.56. The highest BCUT2D eigenvalue weighted by molar-refractivity contribution is 5.79. The minimum atomic E-state index is -1.82. The molecular formula is C13H12F4N4O2. The van der Waals surface area contributed by atoms with Crippen molar-refractivity contribution in [1.29, 1.82) is 0 Å². The summed E-state index contributed by atoms with van der Waals surface area (Å²) in [7, 11) is 0. The van der Waals surface area contributed by atoms with Crippen LogP contribution >= 0.6 is 0 Å². The molecule has 1 atom stereocenters. The van der Waals surface area contributed by atoms with Crippen molar-refractivity contribution in [1.82, 2.24) is 15.0 Å². The molecule has 0 amide bonds. The Morgan fingerprint density at radius 2 is 1.96 bits per heavy atom. The number of imidazole rings is 1. The lowest BCUT2D eigenvalue weighted by molar-refractivity contribution is -0.144. The fraction of sp³-hybridized carbons (Fsp3) is 0.308. The van der Waals surface area contributed by atoms with E-state index in [0.29, 0.717) is 5.69 Å². The first-order valence-corrected chi connectivity index (χ1v) is 6.54. The van der Waals surface area contributed by atoms with E-state index in [0.717, 1.165) is 0 Å². The third-order valence-electron chi connectivity index (χ3n) is 2.87. The molecular weight excluding hydrogens is 320 g/mol. The second-order valence-corrected chi connectivity index (χ2v) is 4.43. The van der Waals surface area contributed by atoms with Crippen LogP contribution in [-0.2, 0) is 16.0 Å². The van der Waals surface area contributed by atoms with E-state index in [2.05, 4.69) is 20.3 Å². The normalized spacial score (nSPS) is 12.0. The second-order valence-electron chi connectivity index (χ2n) is 4.43. The number of esters is 1. The van der Waals surface area contributed by atoms with Crippen LogP contribution in [0, 0.1) is 23.5 Å². The molecule has 124 valence electrons. The van der Waals surface area contributed by atoms with Gasteiger partial charge in [-0.05, 0) is 6.92 Å². The molecule has 0 aliphatic rings. The van der Waals surface area contributed by atoms with Crippen molar-refractivity contribution in [3.63, 3.8) is 0 Å². The third kappa shape index (κ3) is 3.76. The van der Waals surface area contributed by atoms with Gasteiger partial charge in [-0.2, -0.15) is 22.5 Å². The average Bonchev–Trinajstić information content (AvgIpc) is 3.01. The van der Waals surface area contributed by atoms with Gasteiger partial charge in [0, 0.05) is 18.3 Å². The van der Waals surface area contributed by atoms with Crippen LogP contribution in [0.15, 0.2) is 12.5 Å². The summed E-state index contributed by atoms with van der Waals surface area (Å²) in [5, 5.41) is 2.13. The summed E-state index contributed by atoms with van der Waals surface area (Å²) in [5.41, 5.74) is -0.682. The molecule has 0 aromatic carbocycles. The van der Waals surface area contributed by atoms with Gasteiger partial charge in [0.05, 0.1) is 12.9 Å². The summed E-state index contributed by atoms with van der Waals surface area (Å²) in [6.07, 6.45) is 2.63. The molecule has 2 heterocycles. The average molecular weight is 332 g/mol. The zero-order valence-corrected chi connectivity index (χ0v) is 11.9. The van der Waals surface area contributed by atoms with Crippen LogP contribution in [0.3, 0.4) is 0 Å². The Morgan fingerprint density at radius 3 is 2.48 bits per heavy atom. The molecule has 0 bridgehead atoms. The number of carbonyl (C=O) groups excluding carboxylic acids is 1. The molecule has 1 unspecified atom stereocenters. The number of H-pyrrole nitrogens is 1. The summed E-state index contributed by atoms with van der Waals surface area (Å²) in [6, 6.07) is -1.29. The minimum absolute atomic E-state index is 0.0179. The lowest BCUT2D eigenvalue weighted by Crippen LogP contribution is -2.34. The summed E-state index contributed by atoms with van der Waals surface area (Å²) in [4.78, 5) is 20.8. The largest absolute Gasteiger partial charge is 0.464 e. The van der Waals surface area contributed by atoms with E-state index in [1.165, 1.54) is 19.4 Å². The molecule has 0 aliphatic heterocycles. The summed E-state index contributed by atoms with van der Waals surface area (Å²) in [5.74, 6) is -7.96. The highest BCUT2D eigenvalue weighted by atomic mass is 19.2. The number of halogens is 4. The van der Waals surface area contributed by atoms with Gasteiger partial charge in [-0.25, -0.2) is 9.78 Å². The number of pyridine rings is 1. The Bertz CT molecular complexity index is 668. The summed E-state index contributed by atoms with van der Waals surface area (Å²) >= 11 is 0. The minimum Gasteiger partial charge on any atom is -0.464 e. The van der Waals surface area contributed by atoms with E-state index in [-0.39, 0.29) is 13.0 Å². The molecule has 0 spiro atoms. The SMILES string of the molecule is CCOC(=O)C(Cc1cnc[nH]1)Nc1c(F)c(F)nc(F)c1F. The Labute approximate surface area is 127 Å². The number of ether oxygens (including phenoxy) is 1. The molecule has 6 nitrogen and oxygen atoms in total. The van der Waals surface area contributed by atoms with Crippen molar-refractivity contribution in [2.75, 3.05) is 11.9 Å². The number of hydrogen-bond donors (Lipinski definition) is 2. The van der Waals surface area contributed by atoms with Gasteiger partial charge in [0.25, 0.3) is 11.9 Å². The van der Waals surface area contributed by atoms with Crippen LogP contribution in [0.25, 0.3) is 0 Å². The highest BCUT2D eigenvalue weighted by Crippen LogP contribution is 2.23. The fourth-order valence-corrected chi connectivity index (χ4v) is 1.84. The Hall–Kier alpha value is -2.65. The van der Waals surface area contributed by atoms with Crippen molar-refractivity contribution in [2.24, 2.45) is 0 Å². The lowest BCUT2D eigenvalue weighted by Gasteiger charge is -2.18. The zero-order valence-electron chi connectivity index (χ0n) is 11.9. The maximum atomic E-state index is 13.7. The van der Waals surface area contributed by atoms with Gasteiger partial charge in [-0.15, -0.1) is 0 Å². The molecule has 0 fully saturated rings. The van der Waals surface area contributed by atoms with Crippen molar-refractivity contribution in [3.8, 4) is 0 Å². The van der Waals surface area contributed by atoms with Crippen LogP contribution in [0.2, 0.25) is 0 Å². The monoisotopic (exact) mass is 332 g/mol. The van der Waals surface area contributed by atoms with Crippen LogP contribution < -0.4 is 5.32 Å². The first kappa shape index (κ1) is 16.7. The smallest absolute Gasteiger partial charge is 0.328 e. The van der Waals surface area contributed by atoms with E-state index >= 15 is 0 Å². The number of nitrogens with one attached hydrogen (secondary N) is 2. The zero-order chi connectivity index (χ0) is 17.0. The molecule has 2 rings (SSSR count). The Morgan fingerprint density at radius 1 is 1.30 bits per heavy atom. The Kier molecular flexibility index (Phi) is 5.14. The van der Waals surface area contributed by atoms with E-state index in [1.54, 1.807) is 0 Å². The predicted molar refractivity (Wildman–Crippen MR) is 70.4 cm³/mol. The molecule has 2 N–H and O–H groups in total. The Balaban J connectivity index is 2.32. The van der Waals surface area contributed by atoms with Gasteiger partial charge < -0.3 is 15.0 Å². The topological polar surface area (TPSA) is 79.9 Å². The number of anilines is 1. The number of hydrogen-bond acceptors (Lipinski definition) is 5. The maximum Gasteiger partial charge on any atom is 0.328 e. The number of aromatic amines is 1. The lowest BCUT2D eigenvalue weighted by atomic mass is 10.1. The number of aromatic nitrogens is 3. The molecule has 0 saturated heterocycles. The number of carbonyl (C=O) groups is 1. The third-order valence-corrected chi connectivity index (χ3v) is 2.87. The van der Waals surface area contributed by atoms with Crippen LogP contribution in [0.1, 0.15) is 12.6 Å². The van der Waals surface area contributed by atoms with Gasteiger partial charge in [-0.3, -0.25) is 0 Å². The quantitative estimate of drug-likeness (QED) is 0.480. The molecule has 10 heteroatoms. The molecule has 0 radical (unpaired) electrons. The van der Waals surface area contributed by atoms with Crippen molar-refractivity contribution in [3.05, 3.63) is 41.7 Å².